The summed E-state index contributed by atoms with van der Waals surface area (Å²) in [6.45, 7) is 0. The number of hydrogen-bond donors (Lipinski definition) is 2. The van der Waals surface area contributed by atoms with Crippen LogP contribution in [0.15, 0.2) is 78.2 Å². The Labute approximate surface area is 183 Å². The van der Waals surface area contributed by atoms with Crippen LogP contribution in [-0.4, -0.2) is 21.6 Å². The largest absolute Gasteiger partial charge is 0.326 e. The van der Waals surface area contributed by atoms with E-state index in [1.165, 1.54) is 0 Å². The zero-order chi connectivity index (χ0) is 21.2. The number of anilines is 2. The van der Waals surface area contributed by atoms with Crippen molar-refractivity contribution in [1.29, 1.82) is 0 Å². The molecule has 4 aromatic rings. The van der Waals surface area contributed by atoms with Gasteiger partial charge in [0.1, 0.15) is 11.4 Å². The van der Waals surface area contributed by atoms with Gasteiger partial charge in [-0.3, -0.25) is 9.59 Å². The van der Waals surface area contributed by atoms with E-state index in [-0.39, 0.29) is 17.7 Å². The molecule has 1 aliphatic carbocycles. The molecule has 1 fully saturated rings. The summed E-state index contributed by atoms with van der Waals surface area (Å²) in [7, 11) is 0. The summed E-state index contributed by atoms with van der Waals surface area (Å²) in [6, 6.07) is 22.5. The minimum Gasteiger partial charge on any atom is -0.326 e. The lowest BCUT2D eigenvalue weighted by atomic mass is 10.2. The van der Waals surface area contributed by atoms with Gasteiger partial charge in [-0.1, -0.05) is 24.3 Å². The van der Waals surface area contributed by atoms with Gasteiger partial charge in [0, 0.05) is 17.3 Å². The number of amides is 2. The smallest absolute Gasteiger partial charge is 0.274 e. The molecule has 2 N–H and O–H groups in total. The van der Waals surface area contributed by atoms with Gasteiger partial charge >= 0.3 is 0 Å². The molecule has 7 heteroatoms. The van der Waals surface area contributed by atoms with Crippen molar-refractivity contribution in [3.8, 4) is 16.3 Å². The standard InChI is InChI=1S/C24H20N4O2S/c29-23(16-8-9-16)25-17-10-12-18(13-11-17)26-24(30)21-15-20(22-7-4-14-31-22)27-28(21)19-5-2-1-3-6-19/h1-7,10-16H,8-9H2,(H,25,29)(H,26,30). The first-order chi connectivity index (χ1) is 15.2. The topological polar surface area (TPSA) is 76.0 Å². The summed E-state index contributed by atoms with van der Waals surface area (Å²) in [5.74, 6) is -0.0474. The van der Waals surface area contributed by atoms with Crippen molar-refractivity contribution in [3.05, 3.63) is 83.9 Å². The lowest BCUT2D eigenvalue weighted by molar-refractivity contribution is -0.117. The first kappa shape index (κ1) is 19.3. The fraction of sp³-hybridized carbons (Fsp3) is 0.125. The van der Waals surface area contributed by atoms with Crippen molar-refractivity contribution in [2.24, 2.45) is 5.92 Å². The van der Waals surface area contributed by atoms with E-state index in [1.807, 2.05) is 47.8 Å². The summed E-state index contributed by atoms with van der Waals surface area (Å²) in [6.07, 6.45) is 1.92. The molecule has 0 bridgehead atoms. The predicted molar refractivity (Wildman–Crippen MR) is 123 cm³/mol. The van der Waals surface area contributed by atoms with Crippen LogP contribution in [0.1, 0.15) is 23.3 Å². The minimum absolute atomic E-state index is 0.0599. The number of nitrogens with one attached hydrogen (secondary N) is 2. The highest BCUT2D eigenvalue weighted by Gasteiger charge is 2.29. The van der Waals surface area contributed by atoms with Gasteiger partial charge in [0.2, 0.25) is 5.91 Å². The zero-order valence-electron chi connectivity index (χ0n) is 16.6. The van der Waals surface area contributed by atoms with Crippen LogP contribution in [0.3, 0.4) is 0 Å². The Balaban J connectivity index is 1.38. The second-order valence-corrected chi connectivity index (χ2v) is 8.38. The predicted octanol–water partition coefficient (Wildman–Crippen LogP) is 5.20. The summed E-state index contributed by atoms with van der Waals surface area (Å²) in [5.41, 5.74) is 3.38. The van der Waals surface area contributed by atoms with Crippen molar-refractivity contribution >= 4 is 34.5 Å². The first-order valence-electron chi connectivity index (χ1n) is 10.1. The Hall–Kier alpha value is -3.71. The number of aromatic nitrogens is 2. The van der Waals surface area contributed by atoms with Crippen LogP contribution in [0.5, 0.6) is 0 Å². The third kappa shape index (κ3) is 4.27. The van der Waals surface area contributed by atoms with E-state index in [9.17, 15) is 9.59 Å². The van der Waals surface area contributed by atoms with E-state index in [1.54, 1.807) is 46.4 Å². The third-order valence-electron chi connectivity index (χ3n) is 5.07. The number of nitrogens with zero attached hydrogens (tertiary/aromatic N) is 2. The maximum atomic E-state index is 13.1. The number of benzene rings is 2. The van der Waals surface area contributed by atoms with E-state index in [0.29, 0.717) is 11.4 Å². The SMILES string of the molecule is O=C(Nc1ccc(NC(=O)C2CC2)cc1)c1cc(-c2cccs2)nn1-c1ccccc1. The van der Waals surface area contributed by atoms with Crippen LogP contribution in [-0.2, 0) is 4.79 Å². The molecule has 0 radical (unpaired) electrons. The van der Waals surface area contributed by atoms with Gasteiger partial charge in [0.05, 0.1) is 10.6 Å². The van der Waals surface area contributed by atoms with Crippen molar-refractivity contribution < 1.29 is 9.59 Å². The van der Waals surface area contributed by atoms with Crippen LogP contribution < -0.4 is 10.6 Å². The van der Waals surface area contributed by atoms with Crippen molar-refractivity contribution in [3.63, 3.8) is 0 Å². The molecular formula is C24H20N4O2S. The highest BCUT2D eigenvalue weighted by atomic mass is 32.1. The third-order valence-corrected chi connectivity index (χ3v) is 5.97. The van der Waals surface area contributed by atoms with E-state index in [0.717, 1.165) is 34.8 Å². The summed E-state index contributed by atoms with van der Waals surface area (Å²) >= 11 is 1.58. The normalized spacial score (nSPS) is 13.0. The van der Waals surface area contributed by atoms with Crippen molar-refractivity contribution in [1.82, 2.24) is 9.78 Å². The molecule has 1 aliphatic rings. The number of thiophene rings is 1. The molecule has 31 heavy (non-hydrogen) atoms. The monoisotopic (exact) mass is 428 g/mol. The summed E-state index contributed by atoms with van der Waals surface area (Å²) in [4.78, 5) is 26.0. The molecule has 0 aliphatic heterocycles. The van der Waals surface area contributed by atoms with E-state index in [2.05, 4.69) is 15.7 Å². The fourth-order valence-electron chi connectivity index (χ4n) is 3.28. The molecule has 2 heterocycles. The van der Waals surface area contributed by atoms with Crippen LogP contribution >= 0.6 is 11.3 Å². The molecule has 2 amide bonds. The Kier molecular flexibility index (Phi) is 5.09. The first-order valence-corrected chi connectivity index (χ1v) is 11.0. The quantitative estimate of drug-likeness (QED) is 0.443. The average Bonchev–Trinajstić information content (AvgIpc) is 3.32. The Bertz CT molecular complexity index is 1210. The van der Waals surface area contributed by atoms with E-state index < -0.39 is 0 Å². The minimum atomic E-state index is -0.256. The van der Waals surface area contributed by atoms with Crippen molar-refractivity contribution in [2.45, 2.75) is 12.8 Å². The van der Waals surface area contributed by atoms with E-state index in [4.69, 9.17) is 0 Å². The molecule has 5 rings (SSSR count). The highest BCUT2D eigenvalue weighted by Crippen LogP contribution is 2.30. The summed E-state index contributed by atoms with van der Waals surface area (Å²) in [5, 5.41) is 12.5. The fourth-order valence-corrected chi connectivity index (χ4v) is 3.96. The van der Waals surface area contributed by atoms with Gasteiger partial charge in [-0.05, 0) is 66.8 Å². The number of carbonyl (C=O) groups is 2. The number of para-hydroxylation sites is 1. The lowest BCUT2D eigenvalue weighted by Crippen LogP contribution is -2.17. The second-order valence-electron chi connectivity index (χ2n) is 7.43. The second kappa shape index (κ2) is 8.20. The Morgan fingerprint density at radius 2 is 1.61 bits per heavy atom. The molecule has 0 saturated heterocycles. The van der Waals surface area contributed by atoms with Gasteiger partial charge in [0.25, 0.3) is 5.91 Å². The van der Waals surface area contributed by atoms with Gasteiger partial charge in [-0.15, -0.1) is 11.3 Å². The molecule has 0 spiro atoms. The maximum Gasteiger partial charge on any atom is 0.274 e. The molecule has 2 aromatic heterocycles. The van der Waals surface area contributed by atoms with Gasteiger partial charge in [-0.2, -0.15) is 5.10 Å². The average molecular weight is 429 g/mol. The van der Waals surface area contributed by atoms with E-state index >= 15 is 0 Å². The number of rotatable bonds is 6. The maximum absolute atomic E-state index is 13.1. The van der Waals surface area contributed by atoms with Crippen molar-refractivity contribution in [2.75, 3.05) is 10.6 Å². The molecule has 0 atom stereocenters. The molecule has 6 nitrogen and oxygen atoms in total. The summed E-state index contributed by atoms with van der Waals surface area (Å²) < 4.78 is 1.66. The van der Waals surface area contributed by atoms with Crippen LogP contribution in [0.25, 0.3) is 16.3 Å². The Morgan fingerprint density at radius 3 is 2.26 bits per heavy atom. The van der Waals surface area contributed by atoms with Gasteiger partial charge in [0.15, 0.2) is 0 Å². The van der Waals surface area contributed by atoms with Gasteiger partial charge in [-0.25, -0.2) is 4.68 Å². The molecule has 1 saturated carbocycles. The van der Waals surface area contributed by atoms with Crippen LogP contribution in [0.4, 0.5) is 11.4 Å². The van der Waals surface area contributed by atoms with Crippen LogP contribution in [0, 0.1) is 5.92 Å². The molecule has 2 aromatic carbocycles. The number of carbonyl (C=O) groups excluding carboxylic acids is 2. The van der Waals surface area contributed by atoms with Gasteiger partial charge < -0.3 is 10.6 Å². The molecular weight excluding hydrogens is 408 g/mol. The highest BCUT2D eigenvalue weighted by molar-refractivity contribution is 7.13. The molecule has 154 valence electrons. The Morgan fingerprint density at radius 1 is 0.903 bits per heavy atom. The van der Waals surface area contributed by atoms with Crippen LogP contribution in [0.2, 0.25) is 0 Å². The number of hydrogen-bond acceptors (Lipinski definition) is 4. The lowest BCUT2D eigenvalue weighted by Gasteiger charge is -2.09. The zero-order valence-corrected chi connectivity index (χ0v) is 17.4. The molecule has 0 unspecified atom stereocenters.